The second-order valence-corrected chi connectivity index (χ2v) is 12.2. The van der Waals surface area contributed by atoms with Crippen LogP contribution in [0.4, 0.5) is 11.4 Å². The molecule has 7 aromatic carbocycles. The van der Waals surface area contributed by atoms with Crippen LogP contribution in [0.5, 0.6) is 0 Å². The van der Waals surface area contributed by atoms with E-state index in [0.29, 0.717) is 22.6 Å². The third-order valence-corrected chi connectivity index (χ3v) is 9.62. The van der Waals surface area contributed by atoms with Crippen molar-refractivity contribution in [2.24, 2.45) is 0 Å². The Morgan fingerprint density at radius 3 is 1.64 bits per heavy atom. The van der Waals surface area contributed by atoms with E-state index in [0.717, 1.165) is 71.6 Å². The standard InChI is InChI=1S/C45H25N5/c1-47-32-24-26-43-38(27-32)37-14-6-8-16-40(37)49(43)39-15-7-3-11-33(39)29-19-21-30(22-20-29)34-25-23-31(28-46)45(44(34)48-2)50-41-17-9-4-12-35(41)36-13-5-10-18-42(36)50/h3-27H. The Morgan fingerprint density at radius 2 is 1.02 bits per heavy atom. The van der Waals surface area contributed by atoms with Crippen LogP contribution in [0.3, 0.4) is 0 Å². The molecule has 0 saturated carbocycles. The molecule has 5 nitrogen and oxygen atoms in total. The monoisotopic (exact) mass is 635 g/mol. The smallest absolute Gasteiger partial charge is 0.219 e. The molecule has 0 fully saturated rings. The van der Waals surface area contributed by atoms with Crippen molar-refractivity contribution in [3.63, 3.8) is 0 Å². The van der Waals surface area contributed by atoms with Gasteiger partial charge in [0.1, 0.15) is 0 Å². The van der Waals surface area contributed by atoms with Crippen molar-refractivity contribution < 1.29 is 0 Å². The number of rotatable bonds is 4. The minimum Gasteiger partial charge on any atom is -0.318 e. The van der Waals surface area contributed by atoms with Crippen molar-refractivity contribution in [2.45, 2.75) is 0 Å². The largest absolute Gasteiger partial charge is 0.318 e. The van der Waals surface area contributed by atoms with E-state index in [1.165, 1.54) is 0 Å². The van der Waals surface area contributed by atoms with Crippen LogP contribution in [0, 0.1) is 24.5 Å². The molecule has 50 heavy (non-hydrogen) atoms. The van der Waals surface area contributed by atoms with Gasteiger partial charge in [0, 0.05) is 21.7 Å². The molecule has 0 radical (unpaired) electrons. The maximum Gasteiger partial charge on any atom is 0.219 e. The summed E-state index contributed by atoms with van der Waals surface area (Å²) in [5.41, 5.74) is 10.9. The van der Waals surface area contributed by atoms with E-state index in [-0.39, 0.29) is 0 Å². The number of para-hydroxylation sites is 4. The van der Waals surface area contributed by atoms with Crippen LogP contribution in [0.15, 0.2) is 152 Å². The number of nitrogens with zero attached hydrogens (tertiary/aromatic N) is 5. The maximum atomic E-state index is 10.3. The highest BCUT2D eigenvalue weighted by atomic mass is 15.0. The van der Waals surface area contributed by atoms with Gasteiger partial charge in [0.05, 0.1) is 58.2 Å². The SMILES string of the molecule is [C-]#[N+]c1ccc2c(c1)c1ccccc1n2-c1ccccc1-c1ccc(-c2ccc(C#N)c(-n3c4ccccc4c4ccccc43)c2[N+]#[C-])cc1. The van der Waals surface area contributed by atoms with Crippen molar-refractivity contribution in [2.75, 3.05) is 0 Å². The molecule has 5 heteroatoms. The lowest BCUT2D eigenvalue weighted by Gasteiger charge is -2.16. The predicted octanol–water partition coefficient (Wildman–Crippen LogP) is 12.2. The summed E-state index contributed by atoms with van der Waals surface area (Å²) in [7, 11) is 0. The van der Waals surface area contributed by atoms with Crippen molar-refractivity contribution in [3.8, 4) is 39.7 Å². The van der Waals surface area contributed by atoms with E-state index in [1.807, 2.05) is 84.9 Å². The van der Waals surface area contributed by atoms with Crippen LogP contribution in [-0.2, 0) is 0 Å². The molecule has 9 aromatic rings. The molecule has 2 aromatic heterocycles. The number of fused-ring (bicyclic) bond motifs is 6. The summed E-state index contributed by atoms with van der Waals surface area (Å²) in [6.45, 7) is 16.0. The number of hydrogen-bond donors (Lipinski definition) is 0. The maximum absolute atomic E-state index is 10.3. The summed E-state index contributed by atoms with van der Waals surface area (Å²) in [4.78, 5) is 7.76. The van der Waals surface area contributed by atoms with E-state index in [1.54, 1.807) is 0 Å². The molecular weight excluding hydrogens is 611 g/mol. The molecule has 0 unspecified atom stereocenters. The van der Waals surface area contributed by atoms with E-state index < -0.39 is 0 Å². The molecule has 9 rings (SSSR count). The van der Waals surface area contributed by atoms with Crippen molar-refractivity contribution in [3.05, 3.63) is 180 Å². The Labute approximate surface area is 288 Å². The number of aromatic nitrogens is 2. The highest BCUT2D eigenvalue weighted by Crippen LogP contribution is 2.43. The number of nitriles is 1. The molecule has 0 saturated heterocycles. The highest BCUT2D eigenvalue weighted by Gasteiger charge is 2.22. The van der Waals surface area contributed by atoms with Crippen molar-refractivity contribution in [1.82, 2.24) is 9.13 Å². The lowest BCUT2D eigenvalue weighted by molar-refractivity contribution is 1.17. The van der Waals surface area contributed by atoms with Crippen LogP contribution in [0.1, 0.15) is 5.56 Å². The second-order valence-electron chi connectivity index (χ2n) is 12.2. The zero-order valence-corrected chi connectivity index (χ0v) is 26.7. The summed E-state index contributed by atoms with van der Waals surface area (Å²) in [6.07, 6.45) is 0. The molecule has 0 aliphatic rings. The summed E-state index contributed by atoms with van der Waals surface area (Å²) < 4.78 is 4.34. The van der Waals surface area contributed by atoms with Gasteiger partial charge in [0.25, 0.3) is 0 Å². The number of benzene rings is 7. The first-order chi connectivity index (χ1) is 24.7. The van der Waals surface area contributed by atoms with Gasteiger partial charge in [-0.2, -0.15) is 5.26 Å². The van der Waals surface area contributed by atoms with E-state index >= 15 is 0 Å². The molecule has 0 aliphatic heterocycles. The predicted molar refractivity (Wildman–Crippen MR) is 203 cm³/mol. The Morgan fingerprint density at radius 1 is 0.480 bits per heavy atom. The summed E-state index contributed by atoms with van der Waals surface area (Å²) in [6, 6.07) is 53.3. The average molecular weight is 636 g/mol. The van der Waals surface area contributed by atoms with Gasteiger partial charge in [-0.3, -0.25) is 0 Å². The van der Waals surface area contributed by atoms with Gasteiger partial charge in [-0.1, -0.05) is 109 Å². The third-order valence-electron chi connectivity index (χ3n) is 9.62. The summed E-state index contributed by atoms with van der Waals surface area (Å²) in [5, 5.41) is 14.6. The van der Waals surface area contributed by atoms with E-state index in [2.05, 4.69) is 91.6 Å². The Hall–Kier alpha value is -7.39. The second kappa shape index (κ2) is 11.4. The minimum atomic E-state index is 0.438. The van der Waals surface area contributed by atoms with Gasteiger partial charge in [-0.05, 0) is 64.5 Å². The van der Waals surface area contributed by atoms with Gasteiger partial charge in [0.2, 0.25) is 5.69 Å². The number of hydrogen-bond acceptors (Lipinski definition) is 1. The molecule has 230 valence electrons. The Balaban J connectivity index is 1.21. The highest BCUT2D eigenvalue weighted by molar-refractivity contribution is 6.12. The van der Waals surface area contributed by atoms with Gasteiger partial charge in [-0.25, -0.2) is 9.69 Å². The first-order valence-electron chi connectivity index (χ1n) is 16.2. The zero-order chi connectivity index (χ0) is 33.8. The fourth-order valence-electron chi connectivity index (χ4n) is 7.44. The van der Waals surface area contributed by atoms with Crippen LogP contribution in [-0.4, -0.2) is 9.13 Å². The van der Waals surface area contributed by atoms with Crippen molar-refractivity contribution in [1.29, 1.82) is 5.26 Å². The first-order valence-corrected chi connectivity index (χ1v) is 16.2. The van der Waals surface area contributed by atoms with Crippen LogP contribution in [0.25, 0.3) is 86.9 Å². The fraction of sp³-hybridized carbons (Fsp3) is 0. The first kappa shape index (κ1) is 28.8. The summed E-state index contributed by atoms with van der Waals surface area (Å²) in [5.74, 6) is 0. The molecule has 0 atom stereocenters. The molecule has 2 heterocycles. The van der Waals surface area contributed by atoms with E-state index in [4.69, 9.17) is 13.1 Å². The minimum absolute atomic E-state index is 0.438. The van der Waals surface area contributed by atoms with Gasteiger partial charge in [-0.15, -0.1) is 0 Å². The van der Waals surface area contributed by atoms with Crippen LogP contribution >= 0.6 is 0 Å². The average Bonchev–Trinajstić information content (AvgIpc) is 3.69. The Kier molecular flexibility index (Phi) is 6.56. The zero-order valence-electron chi connectivity index (χ0n) is 26.7. The Bertz CT molecular complexity index is 2900. The molecule has 0 N–H and O–H groups in total. The molecular formula is C45H25N5. The van der Waals surface area contributed by atoms with Gasteiger partial charge >= 0.3 is 0 Å². The van der Waals surface area contributed by atoms with Gasteiger partial charge in [0.15, 0.2) is 5.69 Å². The van der Waals surface area contributed by atoms with Crippen molar-refractivity contribution >= 4 is 55.0 Å². The third kappa shape index (κ3) is 4.24. The van der Waals surface area contributed by atoms with Crippen LogP contribution in [0.2, 0.25) is 0 Å². The fourth-order valence-corrected chi connectivity index (χ4v) is 7.44. The van der Waals surface area contributed by atoms with E-state index in [9.17, 15) is 5.26 Å². The normalized spacial score (nSPS) is 11.1. The molecule has 0 bridgehead atoms. The van der Waals surface area contributed by atoms with Gasteiger partial charge < -0.3 is 9.13 Å². The summed E-state index contributed by atoms with van der Waals surface area (Å²) >= 11 is 0. The molecule has 0 spiro atoms. The topological polar surface area (TPSA) is 42.4 Å². The lowest BCUT2D eigenvalue weighted by atomic mass is 9.96. The molecule has 0 amide bonds. The lowest BCUT2D eigenvalue weighted by Crippen LogP contribution is -1.99. The molecule has 0 aliphatic carbocycles. The van der Waals surface area contributed by atoms with Crippen LogP contribution < -0.4 is 0 Å². The quantitative estimate of drug-likeness (QED) is 0.177.